The Morgan fingerprint density at radius 1 is 1.03 bits per heavy atom. The van der Waals surface area contributed by atoms with Gasteiger partial charge in [-0.3, -0.25) is 19.5 Å². The molecule has 1 aliphatic rings. The summed E-state index contributed by atoms with van der Waals surface area (Å²) in [4.78, 5) is 33.0. The summed E-state index contributed by atoms with van der Waals surface area (Å²) in [7, 11) is 4.02. The zero-order valence-electron chi connectivity index (χ0n) is 17.1. The third-order valence-electron chi connectivity index (χ3n) is 5.19. The average molecular weight is 396 g/mol. The number of nitrogens with one attached hydrogen (secondary N) is 2. The summed E-state index contributed by atoms with van der Waals surface area (Å²) in [5.74, 6) is -1.26. The normalized spacial score (nSPS) is 15.0. The smallest absolute Gasteiger partial charge is 0.309 e. The molecule has 1 atom stereocenters. The molecule has 1 unspecified atom stereocenters. The van der Waals surface area contributed by atoms with Crippen LogP contribution in [0.2, 0.25) is 0 Å². The Morgan fingerprint density at radius 3 is 2.34 bits per heavy atom. The van der Waals surface area contributed by atoms with Crippen LogP contribution in [-0.4, -0.2) is 55.4 Å². The monoisotopic (exact) mass is 395 g/mol. The minimum absolute atomic E-state index is 0.0567. The number of hydrogen-bond donors (Lipinski definition) is 2. The lowest BCUT2D eigenvalue weighted by atomic mass is 10.0. The topological polar surface area (TPSA) is 77.6 Å². The largest absolute Gasteiger partial charge is 0.378 e. The second-order valence-corrected chi connectivity index (χ2v) is 7.46. The molecule has 7 heteroatoms. The van der Waals surface area contributed by atoms with Crippen molar-refractivity contribution >= 4 is 17.5 Å². The van der Waals surface area contributed by atoms with Crippen molar-refractivity contribution in [3.8, 4) is 0 Å². The predicted octanol–water partition coefficient (Wildman–Crippen LogP) is 1.72. The van der Waals surface area contributed by atoms with Crippen LogP contribution in [-0.2, 0) is 16.1 Å². The molecule has 0 spiro atoms. The molecule has 7 nitrogen and oxygen atoms in total. The number of rotatable bonds is 7. The zero-order chi connectivity index (χ0) is 20.6. The number of benzene rings is 1. The molecule has 1 saturated heterocycles. The number of carbonyl (C=O) groups is 2. The van der Waals surface area contributed by atoms with E-state index in [0.29, 0.717) is 12.2 Å². The van der Waals surface area contributed by atoms with Gasteiger partial charge in [0.2, 0.25) is 0 Å². The molecular formula is C22H29N5O2. The molecule has 2 amide bonds. The molecular weight excluding hydrogens is 366 g/mol. The molecule has 2 aromatic rings. The lowest BCUT2D eigenvalue weighted by Crippen LogP contribution is -2.43. The van der Waals surface area contributed by atoms with Gasteiger partial charge in [-0.1, -0.05) is 18.2 Å². The van der Waals surface area contributed by atoms with Crippen molar-refractivity contribution in [3.63, 3.8) is 0 Å². The molecule has 1 fully saturated rings. The number of hydrogen-bond acceptors (Lipinski definition) is 5. The first-order valence-electron chi connectivity index (χ1n) is 10.0. The minimum atomic E-state index is -0.640. The maximum atomic E-state index is 12.3. The predicted molar refractivity (Wildman–Crippen MR) is 113 cm³/mol. The molecule has 154 valence electrons. The summed E-state index contributed by atoms with van der Waals surface area (Å²) in [5.41, 5.74) is 2.99. The summed E-state index contributed by atoms with van der Waals surface area (Å²) in [6.07, 6.45) is 3.97. The van der Waals surface area contributed by atoms with E-state index in [4.69, 9.17) is 0 Å². The molecule has 29 heavy (non-hydrogen) atoms. The second kappa shape index (κ2) is 10.0. The Kier molecular flexibility index (Phi) is 7.19. The van der Waals surface area contributed by atoms with Crippen molar-refractivity contribution < 1.29 is 9.59 Å². The van der Waals surface area contributed by atoms with E-state index >= 15 is 0 Å². The number of aromatic nitrogens is 1. The fourth-order valence-corrected chi connectivity index (χ4v) is 3.53. The summed E-state index contributed by atoms with van der Waals surface area (Å²) < 4.78 is 0. The Bertz CT molecular complexity index is 802. The molecule has 1 aromatic heterocycles. The van der Waals surface area contributed by atoms with E-state index in [9.17, 15) is 9.59 Å². The van der Waals surface area contributed by atoms with E-state index in [1.807, 2.05) is 26.2 Å². The van der Waals surface area contributed by atoms with Gasteiger partial charge >= 0.3 is 11.8 Å². The van der Waals surface area contributed by atoms with Gasteiger partial charge in [-0.25, -0.2) is 0 Å². The number of likely N-dealkylation sites (tertiary alicyclic amines) is 1. The molecule has 1 aliphatic heterocycles. The maximum absolute atomic E-state index is 12.3. The summed E-state index contributed by atoms with van der Waals surface area (Å²) in [6.45, 7) is 2.63. The minimum Gasteiger partial charge on any atom is -0.378 e. The fourth-order valence-electron chi connectivity index (χ4n) is 3.53. The fraction of sp³-hybridized carbons (Fsp3) is 0.409. The van der Waals surface area contributed by atoms with Crippen LogP contribution in [0.4, 0.5) is 5.69 Å². The van der Waals surface area contributed by atoms with E-state index < -0.39 is 11.8 Å². The van der Waals surface area contributed by atoms with E-state index in [0.717, 1.165) is 37.2 Å². The van der Waals surface area contributed by atoms with Crippen LogP contribution in [0.3, 0.4) is 0 Å². The number of anilines is 1. The van der Waals surface area contributed by atoms with Gasteiger partial charge in [-0.2, -0.15) is 0 Å². The van der Waals surface area contributed by atoms with Gasteiger partial charge in [-0.05, 0) is 55.8 Å². The molecule has 0 aliphatic carbocycles. The zero-order valence-corrected chi connectivity index (χ0v) is 17.1. The van der Waals surface area contributed by atoms with Crippen LogP contribution in [0, 0.1) is 0 Å². The molecule has 2 heterocycles. The highest BCUT2D eigenvalue weighted by Crippen LogP contribution is 2.26. The maximum Gasteiger partial charge on any atom is 0.309 e. The molecule has 0 bridgehead atoms. The summed E-state index contributed by atoms with van der Waals surface area (Å²) in [5, 5.41) is 5.43. The van der Waals surface area contributed by atoms with Crippen molar-refractivity contribution in [2.24, 2.45) is 0 Å². The molecule has 2 N–H and O–H groups in total. The highest BCUT2D eigenvalue weighted by atomic mass is 16.2. The van der Waals surface area contributed by atoms with Crippen molar-refractivity contribution in [2.75, 3.05) is 38.6 Å². The van der Waals surface area contributed by atoms with Crippen molar-refractivity contribution in [1.82, 2.24) is 20.5 Å². The highest BCUT2D eigenvalue weighted by Gasteiger charge is 2.25. The van der Waals surface area contributed by atoms with Gasteiger partial charge in [0.05, 0.1) is 18.3 Å². The third kappa shape index (κ3) is 5.77. The first-order chi connectivity index (χ1) is 14.0. The first-order valence-corrected chi connectivity index (χ1v) is 10.0. The Hall–Kier alpha value is -2.93. The van der Waals surface area contributed by atoms with Crippen molar-refractivity contribution in [1.29, 1.82) is 0 Å². The van der Waals surface area contributed by atoms with Crippen molar-refractivity contribution in [2.45, 2.75) is 25.4 Å². The Labute approximate surface area is 172 Å². The van der Waals surface area contributed by atoms with Crippen LogP contribution in [0.5, 0.6) is 0 Å². The molecule has 3 rings (SSSR count). The highest BCUT2D eigenvalue weighted by molar-refractivity contribution is 6.35. The van der Waals surface area contributed by atoms with E-state index in [1.165, 1.54) is 0 Å². The Morgan fingerprint density at radius 2 is 1.72 bits per heavy atom. The number of nitrogens with zero attached hydrogens (tertiary/aromatic N) is 3. The molecule has 1 aromatic carbocycles. The number of amides is 2. The van der Waals surface area contributed by atoms with Gasteiger partial charge in [-0.15, -0.1) is 0 Å². The van der Waals surface area contributed by atoms with Crippen LogP contribution >= 0.6 is 0 Å². The van der Waals surface area contributed by atoms with Crippen molar-refractivity contribution in [3.05, 3.63) is 59.9 Å². The third-order valence-corrected chi connectivity index (χ3v) is 5.19. The number of carbonyl (C=O) groups excluding carboxylic acids is 2. The van der Waals surface area contributed by atoms with Gasteiger partial charge < -0.3 is 15.5 Å². The van der Waals surface area contributed by atoms with Gasteiger partial charge in [0, 0.05) is 32.5 Å². The first kappa shape index (κ1) is 20.8. The quantitative estimate of drug-likeness (QED) is 0.698. The van der Waals surface area contributed by atoms with Crippen LogP contribution < -0.4 is 15.5 Å². The average Bonchev–Trinajstić information content (AvgIpc) is 3.27. The lowest BCUT2D eigenvalue weighted by molar-refractivity contribution is -0.139. The molecule has 0 radical (unpaired) electrons. The van der Waals surface area contributed by atoms with Gasteiger partial charge in [0.25, 0.3) is 0 Å². The van der Waals surface area contributed by atoms with Crippen LogP contribution in [0.25, 0.3) is 0 Å². The van der Waals surface area contributed by atoms with Crippen LogP contribution in [0.15, 0.2) is 48.7 Å². The van der Waals surface area contributed by atoms with E-state index in [-0.39, 0.29) is 12.6 Å². The van der Waals surface area contributed by atoms with E-state index in [2.05, 4.69) is 49.7 Å². The standard InChI is InChI=1S/C22H29N5O2/c1-26(2)19-10-8-17(9-11-19)20(27-13-5-6-14-27)16-25-22(29)21(28)24-15-18-7-3-4-12-23-18/h3-4,7-12,20H,5-6,13-16H2,1-2H3,(H,24,28)(H,25,29). The summed E-state index contributed by atoms with van der Waals surface area (Å²) in [6, 6.07) is 13.9. The van der Waals surface area contributed by atoms with Gasteiger partial charge in [0.15, 0.2) is 0 Å². The number of pyridine rings is 1. The summed E-state index contributed by atoms with van der Waals surface area (Å²) >= 11 is 0. The van der Waals surface area contributed by atoms with Gasteiger partial charge in [0.1, 0.15) is 0 Å². The van der Waals surface area contributed by atoms with E-state index in [1.54, 1.807) is 12.3 Å². The molecule has 0 saturated carbocycles. The SMILES string of the molecule is CN(C)c1ccc(C(CNC(=O)C(=O)NCc2ccccn2)N2CCCC2)cc1. The van der Waals surface area contributed by atoms with Crippen LogP contribution in [0.1, 0.15) is 30.1 Å². The second-order valence-electron chi connectivity index (χ2n) is 7.46. The Balaban J connectivity index is 1.59. The lowest BCUT2D eigenvalue weighted by Gasteiger charge is -2.28.